The van der Waals surface area contributed by atoms with Gasteiger partial charge in [0.05, 0.1) is 5.02 Å². The summed E-state index contributed by atoms with van der Waals surface area (Å²) in [7, 11) is 0. The number of carbonyl (C=O) groups is 1. The summed E-state index contributed by atoms with van der Waals surface area (Å²) >= 11 is 6.28. The van der Waals surface area contributed by atoms with Gasteiger partial charge in [-0.25, -0.2) is 0 Å². The zero-order chi connectivity index (χ0) is 15.4. The normalized spacial score (nSPS) is 10.2. The second-order valence-corrected chi connectivity index (χ2v) is 5.29. The maximum atomic E-state index is 12.4. The van der Waals surface area contributed by atoms with Crippen molar-refractivity contribution in [2.24, 2.45) is 0 Å². The van der Waals surface area contributed by atoms with Crippen LogP contribution in [0.4, 0.5) is 11.4 Å². The summed E-state index contributed by atoms with van der Waals surface area (Å²) in [4.78, 5) is 12.4. The van der Waals surface area contributed by atoms with Gasteiger partial charge in [0.25, 0.3) is 0 Å². The molecule has 0 atom stereocenters. The Kier molecular flexibility index (Phi) is 4.22. The van der Waals surface area contributed by atoms with Crippen LogP contribution < -0.4 is 5.32 Å². The lowest BCUT2D eigenvalue weighted by atomic mass is 10.0. The number of hydrogen-bond acceptors (Lipinski definition) is 2. The van der Waals surface area contributed by atoms with Gasteiger partial charge in [-0.1, -0.05) is 60.1 Å². The first-order chi connectivity index (χ1) is 10.7. The van der Waals surface area contributed by atoms with Gasteiger partial charge in [0.15, 0.2) is 5.78 Å². The van der Waals surface area contributed by atoms with E-state index in [-0.39, 0.29) is 5.78 Å². The first kappa shape index (κ1) is 14.4. The van der Waals surface area contributed by atoms with Gasteiger partial charge in [-0.3, -0.25) is 4.79 Å². The summed E-state index contributed by atoms with van der Waals surface area (Å²) in [5.41, 5.74) is 2.96. The molecule has 0 radical (unpaired) electrons. The minimum atomic E-state index is -0.0724. The van der Waals surface area contributed by atoms with Crippen LogP contribution in [-0.4, -0.2) is 5.78 Å². The second-order valence-electron chi connectivity index (χ2n) is 4.88. The lowest BCUT2D eigenvalue weighted by Crippen LogP contribution is -2.02. The van der Waals surface area contributed by atoms with E-state index in [2.05, 4.69) is 5.32 Å². The van der Waals surface area contributed by atoms with Crippen LogP contribution in [0.1, 0.15) is 15.9 Å². The SMILES string of the molecule is O=C(c1ccccc1)c1ccc(Nc2ccccc2)cc1Cl. The molecule has 0 saturated heterocycles. The van der Waals surface area contributed by atoms with Crippen LogP contribution in [0, 0.1) is 0 Å². The molecule has 2 nitrogen and oxygen atoms in total. The van der Waals surface area contributed by atoms with Crippen molar-refractivity contribution in [3.05, 3.63) is 95.0 Å². The van der Waals surface area contributed by atoms with E-state index in [1.54, 1.807) is 24.3 Å². The number of rotatable bonds is 4. The summed E-state index contributed by atoms with van der Waals surface area (Å²) in [6.07, 6.45) is 0. The number of nitrogens with one attached hydrogen (secondary N) is 1. The fourth-order valence-corrected chi connectivity index (χ4v) is 2.48. The first-order valence-corrected chi connectivity index (χ1v) is 7.33. The van der Waals surface area contributed by atoms with Gasteiger partial charge in [-0.05, 0) is 30.3 Å². The van der Waals surface area contributed by atoms with Crippen LogP contribution in [0.25, 0.3) is 0 Å². The third-order valence-electron chi connectivity index (χ3n) is 3.31. The molecule has 3 heteroatoms. The summed E-state index contributed by atoms with van der Waals surface area (Å²) in [5.74, 6) is -0.0724. The van der Waals surface area contributed by atoms with Crippen molar-refractivity contribution >= 4 is 28.8 Å². The monoisotopic (exact) mass is 307 g/mol. The maximum absolute atomic E-state index is 12.4. The van der Waals surface area contributed by atoms with Crippen molar-refractivity contribution in [3.8, 4) is 0 Å². The van der Waals surface area contributed by atoms with E-state index in [9.17, 15) is 4.79 Å². The largest absolute Gasteiger partial charge is 0.355 e. The molecule has 0 unspecified atom stereocenters. The van der Waals surface area contributed by atoms with Gasteiger partial charge in [0.1, 0.15) is 0 Å². The third-order valence-corrected chi connectivity index (χ3v) is 3.62. The maximum Gasteiger partial charge on any atom is 0.194 e. The molecule has 0 aliphatic heterocycles. The highest BCUT2D eigenvalue weighted by Gasteiger charge is 2.12. The Morgan fingerprint density at radius 2 is 1.41 bits per heavy atom. The Hall–Kier alpha value is -2.58. The molecule has 108 valence electrons. The molecule has 3 rings (SSSR count). The second kappa shape index (κ2) is 6.46. The summed E-state index contributed by atoms with van der Waals surface area (Å²) in [6, 6.07) is 24.3. The number of para-hydroxylation sites is 1. The van der Waals surface area contributed by atoms with E-state index in [0.29, 0.717) is 16.1 Å². The van der Waals surface area contributed by atoms with Gasteiger partial charge < -0.3 is 5.32 Å². The third kappa shape index (κ3) is 3.18. The molecular formula is C19H14ClNO. The predicted octanol–water partition coefficient (Wildman–Crippen LogP) is 5.31. The van der Waals surface area contributed by atoms with Crippen molar-refractivity contribution in [1.82, 2.24) is 0 Å². The van der Waals surface area contributed by atoms with Crippen molar-refractivity contribution in [1.29, 1.82) is 0 Å². The van der Waals surface area contributed by atoms with Crippen molar-refractivity contribution < 1.29 is 4.79 Å². The smallest absolute Gasteiger partial charge is 0.194 e. The van der Waals surface area contributed by atoms with Crippen LogP contribution in [0.2, 0.25) is 5.02 Å². The average molecular weight is 308 g/mol. The fraction of sp³-hybridized carbons (Fsp3) is 0. The fourth-order valence-electron chi connectivity index (χ4n) is 2.21. The molecular weight excluding hydrogens is 294 g/mol. The van der Waals surface area contributed by atoms with Crippen LogP contribution >= 0.6 is 11.6 Å². The van der Waals surface area contributed by atoms with Crippen molar-refractivity contribution in [2.75, 3.05) is 5.32 Å². The topological polar surface area (TPSA) is 29.1 Å². The number of ketones is 1. The number of hydrogen-bond donors (Lipinski definition) is 1. The van der Waals surface area contributed by atoms with E-state index in [1.165, 1.54) is 0 Å². The Morgan fingerprint density at radius 1 is 0.773 bits per heavy atom. The predicted molar refractivity (Wildman–Crippen MR) is 91.1 cm³/mol. The molecule has 0 heterocycles. The quantitative estimate of drug-likeness (QED) is 0.661. The van der Waals surface area contributed by atoms with Crippen LogP contribution in [0.15, 0.2) is 78.9 Å². The molecule has 1 N–H and O–H groups in total. The zero-order valence-corrected chi connectivity index (χ0v) is 12.5. The van der Waals surface area contributed by atoms with Gasteiger partial charge in [-0.15, -0.1) is 0 Å². The minimum absolute atomic E-state index is 0.0724. The highest BCUT2D eigenvalue weighted by molar-refractivity contribution is 6.35. The average Bonchev–Trinajstić information content (AvgIpc) is 2.56. The Labute approximate surface area is 134 Å². The minimum Gasteiger partial charge on any atom is -0.355 e. The Balaban J connectivity index is 1.85. The molecule has 22 heavy (non-hydrogen) atoms. The molecule has 0 aliphatic rings. The molecule has 0 aliphatic carbocycles. The molecule has 0 fully saturated rings. The molecule has 0 spiro atoms. The molecule has 0 bridgehead atoms. The number of benzene rings is 3. The number of carbonyl (C=O) groups excluding carboxylic acids is 1. The van der Waals surface area contributed by atoms with Gasteiger partial charge in [0.2, 0.25) is 0 Å². The summed E-state index contributed by atoms with van der Waals surface area (Å²) in [6.45, 7) is 0. The lowest BCUT2D eigenvalue weighted by Gasteiger charge is -2.09. The molecule has 0 saturated carbocycles. The molecule has 0 aromatic heterocycles. The molecule has 3 aromatic carbocycles. The van der Waals surface area contributed by atoms with Gasteiger partial charge in [-0.2, -0.15) is 0 Å². The van der Waals surface area contributed by atoms with E-state index < -0.39 is 0 Å². The highest BCUT2D eigenvalue weighted by Crippen LogP contribution is 2.25. The standard InChI is InChI=1S/C19H14ClNO/c20-18-13-16(21-15-9-5-2-6-10-15)11-12-17(18)19(22)14-7-3-1-4-8-14/h1-13,21H. The van der Waals surface area contributed by atoms with Crippen LogP contribution in [0.5, 0.6) is 0 Å². The molecule has 0 amide bonds. The number of anilines is 2. The van der Waals surface area contributed by atoms with E-state index >= 15 is 0 Å². The summed E-state index contributed by atoms with van der Waals surface area (Å²) < 4.78 is 0. The number of halogens is 1. The zero-order valence-electron chi connectivity index (χ0n) is 11.8. The van der Waals surface area contributed by atoms with Crippen molar-refractivity contribution in [3.63, 3.8) is 0 Å². The van der Waals surface area contributed by atoms with Gasteiger partial charge >= 0.3 is 0 Å². The van der Waals surface area contributed by atoms with Crippen LogP contribution in [0.3, 0.4) is 0 Å². The lowest BCUT2D eigenvalue weighted by molar-refractivity contribution is 0.103. The van der Waals surface area contributed by atoms with Crippen molar-refractivity contribution in [2.45, 2.75) is 0 Å². The first-order valence-electron chi connectivity index (χ1n) is 6.95. The van der Waals surface area contributed by atoms with Gasteiger partial charge in [0, 0.05) is 22.5 Å². The highest BCUT2D eigenvalue weighted by atomic mass is 35.5. The van der Waals surface area contributed by atoms with Crippen LogP contribution in [-0.2, 0) is 0 Å². The summed E-state index contributed by atoms with van der Waals surface area (Å²) in [5, 5.41) is 3.69. The van der Waals surface area contributed by atoms with E-state index in [0.717, 1.165) is 11.4 Å². The Bertz CT molecular complexity index is 785. The Morgan fingerprint density at radius 3 is 2.05 bits per heavy atom. The van der Waals surface area contributed by atoms with E-state index in [1.807, 2.05) is 54.6 Å². The van der Waals surface area contributed by atoms with E-state index in [4.69, 9.17) is 11.6 Å². The molecule has 3 aromatic rings.